The molecule has 208 valence electrons. The fourth-order valence-corrected chi connectivity index (χ4v) is 7.04. The Labute approximate surface area is 219 Å². The highest BCUT2D eigenvalue weighted by molar-refractivity contribution is 6.70. The van der Waals surface area contributed by atoms with Gasteiger partial charge in [-0.05, 0) is 76.7 Å². The third kappa shape index (κ3) is 9.58. The number of hydrogen-bond acceptors (Lipinski definition) is 6. The molecule has 0 saturated carbocycles. The Bertz CT molecular complexity index is 659. The number of rotatable bonds is 10. The zero-order chi connectivity index (χ0) is 26.9. The molecule has 0 N–H and O–H groups in total. The van der Waals surface area contributed by atoms with E-state index in [0.29, 0.717) is 25.0 Å². The van der Waals surface area contributed by atoms with Gasteiger partial charge in [0, 0.05) is 11.8 Å². The first kappa shape index (κ1) is 31.6. The highest BCUT2D eigenvalue weighted by atomic mass is 28.4. The van der Waals surface area contributed by atoms with E-state index in [-0.39, 0.29) is 48.6 Å². The van der Waals surface area contributed by atoms with Crippen LogP contribution >= 0.6 is 0 Å². The highest BCUT2D eigenvalue weighted by Gasteiger charge is 2.48. The van der Waals surface area contributed by atoms with Crippen LogP contribution in [0.2, 0.25) is 58.9 Å². The van der Waals surface area contributed by atoms with Gasteiger partial charge in [-0.2, -0.15) is 0 Å². The Balaban J connectivity index is 2.23. The van der Waals surface area contributed by atoms with Gasteiger partial charge in [0.15, 0.2) is 37.5 Å². The fraction of sp³-hybridized carbons (Fsp3) is 1.00. The molecule has 6 nitrogen and oxygen atoms in total. The van der Waals surface area contributed by atoms with Crippen molar-refractivity contribution >= 4 is 25.0 Å². The normalized spacial score (nSPS) is 39.6. The fourth-order valence-electron chi connectivity index (χ4n) is 4.74. The van der Waals surface area contributed by atoms with Crippen LogP contribution in [0.25, 0.3) is 0 Å². The molecule has 0 amide bonds. The van der Waals surface area contributed by atoms with E-state index in [1.54, 1.807) is 0 Å². The zero-order valence-corrected chi connectivity index (χ0v) is 28.1. The van der Waals surface area contributed by atoms with E-state index >= 15 is 0 Å². The van der Waals surface area contributed by atoms with Gasteiger partial charge in [-0.1, -0.05) is 34.6 Å². The van der Waals surface area contributed by atoms with Crippen LogP contribution in [0.3, 0.4) is 0 Å². The molecular weight excluding hydrogens is 493 g/mol. The molecule has 0 aromatic rings. The van der Waals surface area contributed by atoms with Crippen LogP contribution in [0.5, 0.6) is 0 Å². The predicted octanol–water partition coefficient (Wildman–Crippen LogP) is 6.56. The second-order valence-corrected chi connectivity index (χ2v) is 27.5. The van der Waals surface area contributed by atoms with Crippen LogP contribution in [0, 0.1) is 29.6 Å². The topological polar surface area (TPSA) is 55.4 Å². The van der Waals surface area contributed by atoms with E-state index in [4.69, 9.17) is 27.5 Å². The van der Waals surface area contributed by atoms with Crippen molar-refractivity contribution in [2.45, 2.75) is 124 Å². The summed E-state index contributed by atoms with van der Waals surface area (Å²) in [6.45, 7) is 32.5. The van der Waals surface area contributed by atoms with E-state index in [0.717, 1.165) is 0 Å². The predicted molar refractivity (Wildman–Crippen MR) is 151 cm³/mol. The van der Waals surface area contributed by atoms with Gasteiger partial charge in [-0.3, -0.25) is 0 Å². The van der Waals surface area contributed by atoms with Crippen LogP contribution in [-0.4, -0.2) is 69.1 Å². The summed E-state index contributed by atoms with van der Waals surface area (Å²) < 4.78 is 39.2. The zero-order valence-electron chi connectivity index (χ0n) is 25.1. The van der Waals surface area contributed by atoms with Gasteiger partial charge < -0.3 is 27.5 Å². The van der Waals surface area contributed by atoms with Crippen molar-refractivity contribution in [2.75, 3.05) is 13.2 Å². The summed E-state index contributed by atoms with van der Waals surface area (Å²) in [4.78, 5) is 0. The van der Waals surface area contributed by atoms with E-state index in [1.807, 2.05) is 0 Å². The monoisotopic (exact) mass is 548 g/mol. The van der Waals surface area contributed by atoms with Gasteiger partial charge in [-0.15, -0.1) is 0 Å². The first-order chi connectivity index (χ1) is 15.8. The first-order valence-corrected chi connectivity index (χ1v) is 23.9. The molecule has 2 aliphatic heterocycles. The second kappa shape index (κ2) is 12.1. The average molecular weight is 549 g/mol. The Hall–Kier alpha value is 0.411. The van der Waals surface area contributed by atoms with Crippen molar-refractivity contribution in [1.82, 2.24) is 0 Å². The third-order valence-electron chi connectivity index (χ3n) is 7.56. The van der Waals surface area contributed by atoms with E-state index in [2.05, 4.69) is 93.5 Å². The summed E-state index contributed by atoms with van der Waals surface area (Å²) in [6, 6.07) is 0. The largest absolute Gasteiger partial charge is 0.415 e. The molecule has 0 spiro atoms. The van der Waals surface area contributed by atoms with Crippen LogP contribution < -0.4 is 0 Å². The molecule has 2 saturated heterocycles. The van der Waals surface area contributed by atoms with Crippen molar-refractivity contribution in [3.63, 3.8) is 0 Å². The lowest BCUT2D eigenvalue weighted by atomic mass is 9.79. The van der Waals surface area contributed by atoms with Crippen molar-refractivity contribution < 1.29 is 27.5 Å². The summed E-state index contributed by atoms with van der Waals surface area (Å²) >= 11 is 0. The minimum absolute atomic E-state index is 0.0369. The number of ether oxygens (including phenoxy) is 3. The van der Waals surface area contributed by atoms with Crippen molar-refractivity contribution in [2.24, 2.45) is 29.6 Å². The minimum Gasteiger partial charge on any atom is -0.415 e. The molecule has 0 aliphatic carbocycles. The lowest BCUT2D eigenvalue weighted by molar-refractivity contribution is -0.319. The summed E-state index contributed by atoms with van der Waals surface area (Å²) in [6.07, 6.45) is -0.780. The summed E-state index contributed by atoms with van der Waals surface area (Å²) in [5, 5.41) is 0. The van der Waals surface area contributed by atoms with Gasteiger partial charge in [0.1, 0.15) is 6.10 Å². The van der Waals surface area contributed by atoms with Gasteiger partial charge in [-0.25, -0.2) is 0 Å². The molecule has 10 atom stereocenters. The number of hydrogen-bond donors (Lipinski definition) is 0. The molecule has 35 heavy (non-hydrogen) atoms. The maximum atomic E-state index is 6.86. The molecule has 0 radical (unpaired) electrons. The van der Waals surface area contributed by atoms with Gasteiger partial charge >= 0.3 is 0 Å². The molecule has 0 aromatic heterocycles. The molecule has 2 heterocycles. The van der Waals surface area contributed by atoms with E-state index in [1.165, 1.54) is 0 Å². The Morgan fingerprint density at radius 3 is 1.46 bits per heavy atom. The Morgan fingerprint density at radius 1 is 0.514 bits per heavy atom. The van der Waals surface area contributed by atoms with Crippen LogP contribution in [0.4, 0.5) is 0 Å². The third-order valence-corrected chi connectivity index (χ3v) is 10.6. The molecule has 2 rings (SSSR count). The molecule has 2 fully saturated rings. The summed E-state index contributed by atoms with van der Waals surface area (Å²) in [7, 11) is -5.11. The van der Waals surface area contributed by atoms with Crippen LogP contribution in [0.1, 0.15) is 34.6 Å². The van der Waals surface area contributed by atoms with Crippen molar-refractivity contribution in [3.8, 4) is 0 Å². The molecule has 0 aromatic carbocycles. The lowest BCUT2D eigenvalue weighted by Crippen LogP contribution is -2.58. The summed E-state index contributed by atoms with van der Waals surface area (Å²) in [5.74, 6) is 1.64. The molecular formula is C26H56O6Si3. The second-order valence-electron chi connectivity index (χ2n) is 14.1. The highest BCUT2D eigenvalue weighted by Crippen LogP contribution is 2.40. The van der Waals surface area contributed by atoms with E-state index in [9.17, 15) is 0 Å². The van der Waals surface area contributed by atoms with Crippen LogP contribution in [0.15, 0.2) is 0 Å². The van der Waals surface area contributed by atoms with E-state index < -0.39 is 25.0 Å². The molecule has 10 unspecified atom stereocenters. The van der Waals surface area contributed by atoms with Crippen molar-refractivity contribution in [3.05, 3.63) is 0 Å². The minimum atomic E-state index is -1.76. The molecule has 9 heteroatoms. The smallest absolute Gasteiger partial charge is 0.187 e. The average Bonchev–Trinajstić information content (AvgIpc) is 2.69. The standard InChI is InChI=1S/C26H56O6Si3/c1-17-18(2)22(15-27-33(6,7)8)29-25(20(17)4)31-24-19(3)21(5)26(32-35(12,13)14)30-23(24)16-28-34(9,10)11/h17-26H,15-16H2,1-14H3. The Morgan fingerprint density at radius 2 is 0.971 bits per heavy atom. The lowest BCUT2D eigenvalue weighted by Gasteiger charge is -2.50. The first-order valence-electron chi connectivity index (χ1n) is 13.7. The van der Waals surface area contributed by atoms with Gasteiger partial charge in [0.2, 0.25) is 0 Å². The van der Waals surface area contributed by atoms with Crippen molar-refractivity contribution in [1.29, 1.82) is 0 Å². The van der Waals surface area contributed by atoms with Gasteiger partial charge in [0.05, 0.1) is 25.4 Å². The Kier molecular flexibility index (Phi) is 10.9. The molecule has 2 aliphatic rings. The van der Waals surface area contributed by atoms with Crippen LogP contribution in [-0.2, 0) is 27.5 Å². The van der Waals surface area contributed by atoms with Gasteiger partial charge in [0.25, 0.3) is 0 Å². The maximum absolute atomic E-state index is 6.86. The SMILES string of the molecule is CC1C(CO[Si](C)(C)C)OC(OC2C(CO[Si](C)(C)C)OC(O[Si](C)(C)C)C(C)C2C)C(C)C1C. The summed E-state index contributed by atoms with van der Waals surface area (Å²) in [5.41, 5.74) is 0. The molecule has 0 bridgehead atoms. The maximum Gasteiger partial charge on any atom is 0.187 e. The quantitative estimate of drug-likeness (QED) is 0.288.